The maximum atomic E-state index is 11.1. The molecule has 0 aliphatic rings. The summed E-state index contributed by atoms with van der Waals surface area (Å²) in [4.78, 5) is 15.3. The van der Waals surface area contributed by atoms with Crippen LogP contribution in [-0.2, 0) is 4.79 Å². The van der Waals surface area contributed by atoms with Gasteiger partial charge in [0.25, 0.3) is 0 Å². The van der Waals surface area contributed by atoms with E-state index in [9.17, 15) is 4.79 Å². The van der Waals surface area contributed by atoms with E-state index in [0.717, 1.165) is 17.4 Å². The van der Waals surface area contributed by atoms with Crippen LogP contribution in [0.4, 0.5) is 0 Å². The molecule has 0 fully saturated rings. The Morgan fingerprint density at radius 1 is 1.47 bits per heavy atom. The van der Waals surface area contributed by atoms with Gasteiger partial charge in [0.2, 0.25) is 5.88 Å². The van der Waals surface area contributed by atoms with E-state index in [4.69, 9.17) is 9.84 Å². The van der Waals surface area contributed by atoms with Gasteiger partial charge >= 0.3 is 5.97 Å². The van der Waals surface area contributed by atoms with Crippen LogP contribution in [0.25, 0.3) is 0 Å². The van der Waals surface area contributed by atoms with Gasteiger partial charge in [-0.2, -0.15) is 0 Å². The van der Waals surface area contributed by atoms with Gasteiger partial charge in [-0.15, -0.1) is 0 Å². The number of nitrogens with zero attached hydrogens (tertiary/aromatic N) is 1. The third-order valence-electron chi connectivity index (χ3n) is 3.36. The van der Waals surface area contributed by atoms with Crippen LogP contribution in [-0.4, -0.2) is 22.7 Å². The zero-order valence-corrected chi connectivity index (χ0v) is 12.9. The van der Waals surface area contributed by atoms with Crippen molar-refractivity contribution < 1.29 is 14.6 Å². The average molecular weight is 330 g/mol. The first-order valence-corrected chi connectivity index (χ1v) is 7.26. The Hall–Kier alpha value is -1.10. The molecule has 0 unspecified atom stereocenters. The molecule has 1 aromatic rings. The molecule has 1 heterocycles. The number of hydrogen-bond donors (Lipinski definition) is 1. The number of ether oxygens (including phenoxy) is 1. The average Bonchev–Trinajstić information content (AvgIpc) is 2.38. The molecule has 0 aliphatic heterocycles. The summed E-state index contributed by atoms with van der Waals surface area (Å²) in [5.74, 6) is -0.129. The van der Waals surface area contributed by atoms with Crippen molar-refractivity contribution in [3.8, 4) is 5.88 Å². The van der Waals surface area contributed by atoms with Gasteiger partial charge in [0.1, 0.15) is 4.60 Å². The number of halogens is 1. The van der Waals surface area contributed by atoms with Gasteiger partial charge in [-0.3, -0.25) is 4.79 Å². The van der Waals surface area contributed by atoms with Crippen LogP contribution >= 0.6 is 15.9 Å². The van der Waals surface area contributed by atoms with E-state index in [1.165, 1.54) is 0 Å². The fourth-order valence-electron chi connectivity index (χ4n) is 1.70. The lowest BCUT2D eigenvalue weighted by Crippen LogP contribution is -2.26. The molecule has 106 valence electrons. The maximum Gasteiger partial charge on any atom is 0.309 e. The quantitative estimate of drug-likeness (QED) is 0.580. The van der Waals surface area contributed by atoms with Crippen LogP contribution in [0.3, 0.4) is 0 Å². The van der Waals surface area contributed by atoms with E-state index >= 15 is 0 Å². The Labute approximate surface area is 122 Å². The monoisotopic (exact) mass is 329 g/mol. The normalized spacial score (nSPS) is 13.8. The highest BCUT2D eigenvalue weighted by atomic mass is 79.9. The minimum absolute atomic E-state index is 0.558. The number of unbranched alkanes of at least 4 members (excludes halogenated alkanes) is 1. The molecule has 0 aromatic carbocycles. The van der Waals surface area contributed by atoms with Crippen molar-refractivity contribution in [2.45, 2.75) is 39.5 Å². The van der Waals surface area contributed by atoms with Crippen molar-refractivity contribution >= 4 is 21.9 Å². The highest BCUT2D eigenvalue weighted by Crippen LogP contribution is 2.28. The number of carboxylic acids is 1. The van der Waals surface area contributed by atoms with Gasteiger partial charge in [-0.25, -0.2) is 4.98 Å². The third kappa shape index (κ3) is 5.19. The number of aromatic nitrogens is 1. The minimum atomic E-state index is -0.718. The summed E-state index contributed by atoms with van der Waals surface area (Å²) in [7, 11) is 0. The first-order valence-electron chi connectivity index (χ1n) is 6.46. The van der Waals surface area contributed by atoms with Crippen molar-refractivity contribution in [2.75, 3.05) is 6.61 Å². The molecule has 1 rings (SSSR count). The molecule has 1 aromatic heterocycles. The molecular formula is C14H20BrNO3. The lowest BCUT2D eigenvalue weighted by molar-refractivity contribution is -0.148. The van der Waals surface area contributed by atoms with Crippen molar-refractivity contribution in [2.24, 2.45) is 5.41 Å². The molecule has 1 N–H and O–H groups in total. The van der Waals surface area contributed by atoms with E-state index in [0.29, 0.717) is 25.3 Å². The van der Waals surface area contributed by atoms with E-state index in [-0.39, 0.29) is 0 Å². The molecule has 0 bridgehead atoms. The summed E-state index contributed by atoms with van der Waals surface area (Å²) < 4.78 is 6.25. The molecule has 1 atom stereocenters. The first-order chi connectivity index (χ1) is 8.98. The van der Waals surface area contributed by atoms with Crippen LogP contribution in [0, 0.1) is 5.41 Å². The van der Waals surface area contributed by atoms with Gasteiger partial charge in [0, 0.05) is 6.07 Å². The number of pyridine rings is 1. The van der Waals surface area contributed by atoms with Crippen molar-refractivity contribution in [1.29, 1.82) is 0 Å². The molecule has 0 amide bonds. The Balaban J connectivity index is 2.26. The van der Waals surface area contributed by atoms with E-state index in [2.05, 4.69) is 20.9 Å². The molecule has 0 aliphatic carbocycles. The summed E-state index contributed by atoms with van der Waals surface area (Å²) in [6.07, 6.45) is 2.99. The second-order valence-electron chi connectivity index (χ2n) is 4.82. The number of carbonyl (C=O) groups is 1. The van der Waals surface area contributed by atoms with Gasteiger partial charge in [-0.05, 0) is 54.6 Å². The Kier molecular flexibility index (Phi) is 6.28. The zero-order valence-electron chi connectivity index (χ0n) is 11.4. The Morgan fingerprint density at radius 3 is 2.79 bits per heavy atom. The van der Waals surface area contributed by atoms with E-state index in [1.54, 1.807) is 13.0 Å². The second kappa shape index (κ2) is 7.48. The highest BCUT2D eigenvalue weighted by Gasteiger charge is 2.29. The topological polar surface area (TPSA) is 59.4 Å². The smallest absolute Gasteiger partial charge is 0.309 e. The standard InChI is InChI=1S/C14H20BrNO3/c1-3-14(2,13(17)18)9-4-5-10-19-12-8-6-7-11(15)16-12/h6-8H,3-5,9-10H2,1-2H3,(H,17,18)/t14-/m1/s1. The summed E-state index contributed by atoms with van der Waals surface area (Å²) >= 11 is 3.28. The number of aliphatic carboxylic acids is 1. The minimum Gasteiger partial charge on any atom is -0.481 e. The number of carboxylic acid groups (broad SMARTS) is 1. The largest absolute Gasteiger partial charge is 0.481 e. The predicted molar refractivity (Wildman–Crippen MR) is 77.3 cm³/mol. The molecule has 0 saturated heterocycles. The van der Waals surface area contributed by atoms with Gasteiger partial charge in [0.15, 0.2) is 0 Å². The van der Waals surface area contributed by atoms with Crippen LogP contribution < -0.4 is 4.74 Å². The van der Waals surface area contributed by atoms with Crippen LogP contribution in [0.1, 0.15) is 39.5 Å². The molecule has 5 heteroatoms. The summed E-state index contributed by atoms with van der Waals surface area (Å²) in [6, 6.07) is 5.51. The van der Waals surface area contributed by atoms with Crippen molar-refractivity contribution in [3.63, 3.8) is 0 Å². The lowest BCUT2D eigenvalue weighted by Gasteiger charge is -2.22. The summed E-state index contributed by atoms with van der Waals surface area (Å²) in [5, 5.41) is 9.15. The van der Waals surface area contributed by atoms with Crippen molar-refractivity contribution in [3.05, 3.63) is 22.8 Å². The number of hydrogen-bond acceptors (Lipinski definition) is 3. The van der Waals surface area contributed by atoms with Gasteiger partial charge in [-0.1, -0.05) is 13.0 Å². The van der Waals surface area contributed by atoms with Gasteiger partial charge < -0.3 is 9.84 Å². The van der Waals surface area contributed by atoms with E-state index in [1.807, 2.05) is 19.1 Å². The van der Waals surface area contributed by atoms with Crippen LogP contribution in [0.15, 0.2) is 22.8 Å². The number of rotatable bonds is 8. The fraction of sp³-hybridized carbons (Fsp3) is 0.571. The molecule has 4 nitrogen and oxygen atoms in total. The van der Waals surface area contributed by atoms with Gasteiger partial charge in [0.05, 0.1) is 12.0 Å². The highest BCUT2D eigenvalue weighted by molar-refractivity contribution is 9.10. The van der Waals surface area contributed by atoms with Crippen LogP contribution in [0.2, 0.25) is 0 Å². The Bertz CT molecular complexity index is 425. The second-order valence-corrected chi connectivity index (χ2v) is 5.64. The fourth-order valence-corrected chi connectivity index (χ4v) is 2.03. The van der Waals surface area contributed by atoms with E-state index < -0.39 is 11.4 Å². The molecule has 19 heavy (non-hydrogen) atoms. The van der Waals surface area contributed by atoms with Crippen LogP contribution in [0.5, 0.6) is 5.88 Å². The van der Waals surface area contributed by atoms with Crippen molar-refractivity contribution in [1.82, 2.24) is 4.98 Å². The predicted octanol–water partition coefficient (Wildman–Crippen LogP) is 3.89. The summed E-state index contributed by atoms with van der Waals surface area (Å²) in [6.45, 7) is 4.27. The summed E-state index contributed by atoms with van der Waals surface area (Å²) in [5.41, 5.74) is -0.617. The molecule has 0 saturated carbocycles. The molecular weight excluding hydrogens is 310 g/mol. The Morgan fingerprint density at radius 2 is 2.21 bits per heavy atom. The first kappa shape index (κ1) is 16.0. The lowest BCUT2D eigenvalue weighted by atomic mass is 9.82. The third-order valence-corrected chi connectivity index (χ3v) is 3.80. The molecule has 0 spiro atoms. The zero-order chi connectivity index (χ0) is 14.3. The SMILES string of the molecule is CC[C@](C)(CCCCOc1cccc(Br)n1)C(=O)O. The maximum absolute atomic E-state index is 11.1. The molecule has 0 radical (unpaired) electrons.